The van der Waals surface area contributed by atoms with Crippen LogP contribution in [-0.2, 0) is 0 Å². The van der Waals surface area contributed by atoms with E-state index in [1.807, 2.05) is 39.0 Å². The minimum Gasteiger partial charge on any atom is -0.203 e. The quantitative estimate of drug-likeness (QED) is 0.567. The van der Waals surface area contributed by atoms with E-state index in [0.29, 0.717) is 11.1 Å². The Balaban J connectivity index is 2.54. The van der Waals surface area contributed by atoms with Gasteiger partial charge in [0.1, 0.15) is 0 Å². The summed E-state index contributed by atoms with van der Waals surface area (Å²) in [7, 11) is 0. The molecule has 0 aliphatic heterocycles. The van der Waals surface area contributed by atoms with Crippen LogP contribution in [0.25, 0.3) is 16.7 Å². The summed E-state index contributed by atoms with van der Waals surface area (Å²) in [6.07, 6.45) is 8.99. The molecule has 0 saturated carbocycles. The van der Waals surface area contributed by atoms with Crippen LogP contribution in [-0.4, -0.2) is 0 Å². The Bertz CT molecular complexity index is 763. The number of hydrogen-bond acceptors (Lipinski definition) is 0. The van der Waals surface area contributed by atoms with Gasteiger partial charge in [-0.2, -0.15) is 0 Å². The van der Waals surface area contributed by atoms with Crippen molar-refractivity contribution in [2.75, 3.05) is 0 Å². The summed E-state index contributed by atoms with van der Waals surface area (Å²) < 4.78 is 29.1. The van der Waals surface area contributed by atoms with Gasteiger partial charge in [0.15, 0.2) is 11.6 Å². The maximum Gasteiger partial charge on any atom is 0.167 e. The highest BCUT2D eigenvalue weighted by Crippen LogP contribution is 2.30. The van der Waals surface area contributed by atoms with Gasteiger partial charge in [0, 0.05) is 11.1 Å². The monoisotopic (exact) mass is 310 g/mol. The third-order valence-electron chi connectivity index (χ3n) is 3.57. The first kappa shape index (κ1) is 16.9. The van der Waals surface area contributed by atoms with Gasteiger partial charge >= 0.3 is 0 Å². The molecule has 0 N–H and O–H groups in total. The van der Waals surface area contributed by atoms with Gasteiger partial charge in [-0.15, -0.1) is 0 Å². The van der Waals surface area contributed by atoms with Crippen LogP contribution < -0.4 is 0 Å². The predicted octanol–water partition coefficient (Wildman–Crippen LogP) is 6.48. The number of benzene rings is 2. The van der Waals surface area contributed by atoms with Gasteiger partial charge < -0.3 is 0 Å². The topological polar surface area (TPSA) is 0 Å². The van der Waals surface area contributed by atoms with Crippen molar-refractivity contribution in [3.8, 4) is 11.1 Å². The number of rotatable bonds is 4. The van der Waals surface area contributed by atoms with Crippen molar-refractivity contribution in [1.82, 2.24) is 0 Å². The molecule has 2 rings (SSSR count). The summed E-state index contributed by atoms with van der Waals surface area (Å²) in [6, 6.07) is 10.6. The molecule has 23 heavy (non-hydrogen) atoms. The first-order chi connectivity index (χ1) is 11.1. The molecule has 0 saturated heterocycles. The highest BCUT2D eigenvalue weighted by molar-refractivity contribution is 5.77. The zero-order valence-corrected chi connectivity index (χ0v) is 13.6. The fraction of sp³-hybridized carbons (Fsp3) is 0.143. The van der Waals surface area contributed by atoms with Gasteiger partial charge in [0.05, 0.1) is 0 Å². The Labute approximate surface area is 136 Å². The van der Waals surface area contributed by atoms with Crippen LogP contribution in [0.15, 0.2) is 66.8 Å². The zero-order chi connectivity index (χ0) is 16.8. The molecule has 118 valence electrons. The van der Waals surface area contributed by atoms with Crippen molar-refractivity contribution in [2.45, 2.75) is 20.8 Å². The molecular weight excluding hydrogens is 290 g/mol. The lowest BCUT2D eigenvalue weighted by atomic mass is 9.97. The lowest BCUT2D eigenvalue weighted by Crippen LogP contribution is -1.96. The number of allylic oxidation sites excluding steroid dienone is 6. The molecule has 0 amide bonds. The fourth-order valence-corrected chi connectivity index (χ4v) is 2.34. The molecule has 0 spiro atoms. The van der Waals surface area contributed by atoms with E-state index in [-0.39, 0.29) is 11.1 Å². The van der Waals surface area contributed by atoms with E-state index in [2.05, 4.69) is 0 Å². The summed E-state index contributed by atoms with van der Waals surface area (Å²) in [4.78, 5) is 0. The molecule has 0 fully saturated rings. The van der Waals surface area contributed by atoms with E-state index in [9.17, 15) is 8.78 Å². The van der Waals surface area contributed by atoms with E-state index in [1.54, 1.807) is 48.6 Å². The van der Waals surface area contributed by atoms with Gasteiger partial charge in [-0.3, -0.25) is 0 Å². The van der Waals surface area contributed by atoms with Crippen LogP contribution in [0.5, 0.6) is 0 Å². The van der Waals surface area contributed by atoms with Crippen LogP contribution in [0.1, 0.15) is 25.0 Å². The van der Waals surface area contributed by atoms with E-state index in [4.69, 9.17) is 0 Å². The Hall–Kier alpha value is -2.48. The smallest absolute Gasteiger partial charge is 0.167 e. The van der Waals surface area contributed by atoms with Crippen LogP contribution >= 0.6 is 0 Å². The predicted molar refractivity (Wildman–Crippen MR) is 94.1 cm³/mol. The second kappa shape index (κ2) is 7.68. The SMILES string of the molecule is C\C=C/C(=C\C=C\C)c1ccc(-c2ccc(C)cc2)c(F)c1F. The second-order valence-electron chi connectivity index (χ2n) is 5.30. The first-order valence-electron chi connectivity index (χ1n) is 7.59. The molecule has 0 aliphatic rings. The number of halogens is 2. The van der Waals surface area contributed by atoms with Gasteiger partial charge in [0.2, 0.25) is 0 Å². The third kappa shape index (κ3) is 3.84. The van der Waals surface area contributed by atoms with Crippen molar-refractivity contribution in [3.05, 3.63) is 89.5 Å². The lowest BCUT2D eigenvalue weighted by Gasteiger charge is -2.10. The zero-order valence-electron chi connectivity index (χ0n) is 13.6. The minimum atomic E-state index is -0.822. The van der Waals surface area contributed by atoms with Gasteiger partial charge in [0.25, 0.3) is 0 Å². The van der Waals surface area contributed by atoms with E-state index >= 15 is 0 Å². The minimum absolute atomic E-state index is 0.259. The maximum atomic E-state index is 14.6. The van der Waals surface area contributed by atoms with Crippen molar-refractivity contribution >= 4 is 5.57 Å². The van der Waals surface area contributed by atoms with Crippen LogP contribution in [0.3, 0.4) is 0 Å². The molecule has 2 aromatic carbocycles. The molecule has 2 heteroatoms. The Morgan fingerprint density at radius 3 is 2.17 bits per heavy atom. The normalized spacial score (nSPS) is 12.5. The molecule has 0 nitrogen and oxygen atoms in total. The summed E-state index contributed by atoms with van der Waals surface area (Å²) in [6.45, 7) is 5.68. The van der Waals surface area contributed by atoms with Gasteiger partial charge in [-0.05, 0) is 31.9 Å². The van der Waals surface area contributed by atoms with Crippen LogP contribution in [0, 0.1) is 18.6 Å². The molecule has 0 atom stereocenters. The van der Waals surface area contributed by atoms with Crippen molar-refractivity contribution in [3.63, 3.8) is 0 Å². The molecule has 0 radical (unpaired) electrons. The molecular formula is C21H20F2. The Morgan fingerprint density at radius 1 is 0.870 bits per heavy atom. The van der Waals surface area contributed by atoms with Crippen molar-refractivity contribution in [2.24, 2.45) is 0 Å². The van der Waals surface area contributed by atoms with E-state index in [0.717, 1.165) is 5.56 Å². The number of hydrogen-bond donors (Lipinski definition) is 0. The average Bonchev–Trinajstić information content (AvgIpc) is 2.55. The summed E-state index contributed by atoms with van der Waals surface area (Å²) in [5, 5.41) is 0. The van der Waals surface area contributed by atoms with Crippen LogP contribution in [0.2, 0.25) is 0 Å². The fourth-order valence-electron chi connectivity index (χ4n) is 2.34. The Morgan fingerprint density at radius 2 is 1.57 bits per heavy atom. The largest absolute Gasteiger partial charge is 0.203 e. The molecule has 2 aromatic rings. The molecule has 0 aliphatic carbocycles. The molecule has 0 aromatic heterocycles. The van der Waals surface area contributed by atoms with E-state index in [1.165, 1.54) is 0 Å². The molecule has 0 heterocycles. The lowest BCUT2D eigenvalue weighted by molar-refractivity contribution is 0.509. The highest BCUT2D eigenvalue weighted by Gasteiger charge is 2.16. The first-order valence-corrected chi connectivity index (χ1v) is 7.59. The maximum absolute atomic E-state index is 14.6. The Kier molecular flexibility index (Phi) is 5.64. The molecule has 0 bridgehead atoms. The summed E-state index contributed by atoms with van der Waals surface area (Å²) in [5.74, 6) is -1.64. The van der Waals surface area contributed by atoms with Gasteiger partial charge in [-0.25, -0.2) is 8.78 Å². The highest BCUT2D eigenvalue weighted by atomic mass is 19.2. The van der Waals surface area contributed by atoms with Gasteiger partial charge in [-0.1, -0.05) is 72.3 Å². The summed E-state index contributed by atoms with van der Waals surface area (Å²) in [5.41, 5.74) is 2.92. The average molecular weight is 310 g/mol. The molecule has 0 unspecified atom stereocenters. The second-order valence-corrected chi connectivity index (χ2v) is 5.30. The van der Waals surface area contributed by atoms with Crippen molar-refractivity contribution < 1.29 is 8.78 Å². The number of aryl methyl sites for hydroxylation is 1. The third-order valence-corrected chi connectivity index (χ3v) is 3.57. The van der Waals surface area contributed by atoms with E-state index < -0.39 is 11.6 Å². The summed E-state index contributed by atoms with van der Waals surface area (Å²) >= 11 is 0. The standard InChI is InChI=1S/C21H20F2/c1-4-6-8-16(7-5-2)18-13-14-19(21(23)20(18)22)17-11-9-15(3)10-12-17/h4-14H,1-3H3/b6-4+,7-5-,16-8+. The van der Waals surface area contributed by atoms with Crippen LogP contribution in [0.4, 0.5) is 8.78 Å². The van der Waals surface area contributed by atoms with Crippen molar-refractivity contribution in [1.29, 1.82) is 0 Å².